The van der Waals surface area contributed by atoms with Gasteiger partial charge in [-0.1, -0.05) is 20.3 Å². The zero-order chi connectivity index (χ0) is 20.3. The Hall–Kier alpha value is -2.40. The van der Waals surface area contributed by atoms with Crippen LogP contribution in [-0.2, 0) is 14.4 Å². The number of aliphatic imine (C=N–C) groups is 1. The standard InChI is InChI=1S/C15H30N6O5/c1-3-8(2)11(16)13(24)21-10(7-22)12(23)20-9(14(25)26)5-4-6-19-15(17)18/h8-11,22H,3-7,16H2,1-2H3,(H,20,23)(H,21,24)(H,25,26)(H4,17,18,19)/t8-,9-,10-,11-/m0/s1. The topological polar surface area (TPSA) is 206 Å². The van der Waals surface area contributed by atoms with Crippen LogP contribution in [0.3, 0.4) is 0 Å². The number of hydrogen-bond acceptors (Lipinski definition) is 6. The molecule has 0 aliphatic carbocycles. The largest absolute Gasteiger partial charge is 0.480 e. The second-order valence-electron chi connectivity index (χ2n) is 6.00. The van der Waals surface area contributed by atoms with Crippen LogP contribution in [0.2, 0.25) is 0 Å². The molecule has 4 atom stereocenters. The molecule has 11 nitrogen and oxygen atoms in total. The molecule has 0 aromatic heterocycles. The van der Waals surface area contributed by atoms with E-state index in [0.29, 0.717) is 12.8 Å². The predicted octanol–water partition coefficient (Wildman–Crippen LogP) is -2.54. The van der Waals surface area contributed by atoms with Gasteiger partial charge in [0.15, 0.2) is 5.96 Å². The fraction of sp³-hybridized carbons (Fsp3) is 0.733. The van der Waals surface area contributed by atoms with Crippen molar-refractivity contribution in [3.8, 4) is 0 Å². The van der Waals surface area contributed by atoms with Crippen LogP contribution in [0.1, 0.15) is 33.1 Å². The van der Waals surface area contributed by atoms with Crippen LogP contribution >= 0.6 is 0 Å². The van der Waals surface area contributed by atoms with E-state index < -0.39 is 42.5 Å². The molecule has 10 N–H and O–H groups in total. The zero-order valence-electron chi connectivity index (χ0n) is 15.1. The minimum atomic E-state index is -1.29. The third-order valence-electron chi connectivity index (χ3n) is 3.94. The van der Waals surface area contributed by atoms with Gasteiger partial charge in [0, 0.05) is 6.54 Å². The summed E-state index contributed by atoms with van der Waals surface area (Å²) in [5, 5.41) is 23.1. The number of guanidine groups is 1. The van der Waals surface area contributed by atoms with Crippen LogP contribution in [0, 0.1) is 5.92 Å². The molecule has 0 aliphatic heterocycles. The van der Waals surface area contributed by atoms with Crippen molar-refractivity contribution < 1.29 is 24.6 Å². The van der Waals surface area contributed by atoms with Gasteiger partial charge in [0.25, 0.3) is 0 Å². The van der Waals surface area contributed by atoms with Gasteiger partial charge in [0.1, 0.15) is 12.1 Å². The third kappa shape index (κ3) is 8.62. The number of carboxylic acids is 1. The highest BCUT2D eigenvalue weighted by atomic mass is 16.4. The van der Waals surface area contributed by atoms with Crippen LogP contribution in [0.25, 0.3) is 0 Å². The first-order chi connectivity index (χ1) is 12.1. The number of aliphatic hydroxyl groups is 1. The Morgan fingerprint density at radius 2 is 1.69 bits per heavy atom. The first-order valence-electron chi connectivity index (χ1n) is 8.39. The van der Waals surface area contributed by atoms with Gasteiger partial charge in [0.2, 0.25) is 11.8 Å². The molecular weight excluding hydrogens is 344 g/mol. The van der Waals surface area contributed by atoms with Crippen LogP contribution in [0.4, 0.5) is 0 Å². The average Bonchev–Trinajstić information content (AvgIpc) is 2.59. The summed E-state index contributed by atoms with van der Waals surface area (Å²) in [5.41, 5.74) is 16.1. The number of nitrogens with two attached hydrogens (primary N) is 3. The monoisotopic (exact) mass is 374 g/mol. The van der Waals surface area contributed by atoms with Crippen LogP contribution < -0.4 is 27.8 Å². The Morgan fingerprint density at radius 1 is 1.12 bits per heavy atom. The minimum absolute atomic E-state index is 0.0797. The predicted molar refractivity (Wildman–Crippen MR) is 95.9 cm³/mol. The first-order valence-corrected chi connectivity index (χ1v) is 8.39. The molecule has 0 saturated carbocycles. The van der Waals surface area contributed by atoms with E-state index >= 15 is 0 Å². The lowest BCUT2D eigenvalue weighted by molar-refractivity contribution is -0.142. The van der Waals surface area contributed by atoms with Gasteiger partial charge >= 0.3 is 5.97 Å². The molecule has 0 unspecified atom stereocenters. The lowest BCUT2D eigenvalue weighted by Gasteiger charge is -2.23. The molecule has 26 heavy (non-hydrogen) atoms. The molecule has 0 aromatic rings. The minimum Gasteiger partial charge on any atom is -0.480 e. The van der Waals surface area contributed by atoms with E-state index in [0.717, 1.165) is 0 Å². The van der Waals surface area contributed by atoms with Gasteiger partial charge in [-0.2, -0.15) is 0 Å². The molecule has 0 heterocycles. The van der Waals surface area contributed by atoms with Gasteiger partial charge in [-0.15, -0.1) is 0 Å². The highest BCUT2D eigenvalue weighted by Crippen LogP contribution is 2.06. The molecule has 0 bridgehead atoms. The van der Waals surface area contributed by atoms with E-state index in [1.807, 2.05) is 6.92 Å². The van der Waals surface area contributed by atoms with Gasteiger partial charge in [-0.25, -0.2) is 4.79 Å². The maximum absolute atomic E-state index is 12.2. The Morgan fingerprint density at radius 3 is 2.15 bits per heavy atom. The maximum atomic E-state index is 12.2. The molecule has 0 spiro atoms. The molecule has 0 aromatic carbocycles. The molecule has 11 heteroatoms. The fourth-order valence-electron chi connectivity index (χ4n) is 2.01. The van der Waals surface area contributed by atoms with Gasteiger partial charge in [-0.05, 0) is 18.8 Å². The van der Waals surface area contributed by atoms with Crippen molar-refractivity contribution in [1.82, 2.24) is 10.6 Å². The zero-order valence-corrected chi connectivity index (χ0v) is 15.1. The third-order valence-corrected chi connectivity index (χ3v) is 3.94. The number of aliphatic carboxylic acids is 1. The summed E-state index contributed by atoms with van der Waals surface area (Å²) in [6.45, 7) is 3.18. The number of aliphatic hydroxyl groups excluding tert-OH is 1. The summed E-state index contributed by atoms with van der Waals surface area (Å²) in [6, 6.07) is -3.33. The summed E-state index contributed by atoms with van der Waals surface area (Å²) in [6.07, 6.45) is 1.07. The molecular formula is C15H30N6O5. The first kappa shape index (κ1) is 23.6. The maximum Gasteiger partial charge on any atom is 0.326 e. The van der Waals surface area contributed by atoms with Gasteiger partial charge in [-0.3, -0.25) is 14.6 Å². The van der Waals surface area contributed by atoms with Crippen LogP contribution in [0.5, 0.6) is 0 Å². The Balaban J connectivity index is 4.74. The number of carbonyl (C=O) groups excluding carboxylic acids is 2. The molecule has 2 amide bonds. The summed E-state index contributed by atoms with van der Waals surface area (Å²) in [7, 11) is 0. The summed E-state index contributed by atoms with van der Waals surface area (Å²) in [4.78, 5) is 39.2. The fourth-order valence-corrected chi connectivity index (χ4v) is 2.01. The highest BCUT2D eigenvalue weighted by molar-refractivity contribution is 5.91. The second kappa shape index (κ2) is 12.0. The van der Waals surface area contributed by atoms with E-state index in [4.69, 9.17) is 17.2 Å². The number of carboxylic acid groups (broad SMARTS) is 1. The number of hydrogen-bond donors (Lipinski definition) is 7. The van der Waals surface area contributed by atoms with Crippen molar-refractivity contribution in [3.63, 3.8) is 0 Å². The number of carbonyl (C=O) groups is 3. The van der Waals surface area contributed by atoms with Gasteiger partial charge < -0.3 is 38.0 Å². The van der Waals surface area contributed by atoms with Crippen LogP contribution in [0.15, 0.2) is 4.99 Å². The van der Waals surface area contributed by atoms with E-state index in [-0.39, 0.29) is 24.8 Å². The Bertz CT molecular complexity index is 509. The lowest BCUT2D eigenvalue weighted by Crippen LogP contribution is -2.56. The van der Waals surface area contributed by atoms with Crippen molar-refractivity contribution in [1.29, 1.82) is 0 Å². The SMILES string of the molecule is CC[C@H](C)[C@H](N)C(=O)N[C@@H](CO)C(=O)N[C@@H](CCCN=C(N)N)C(=O)O. The van der Waals surface area contributed by atoms with Crippen molar-refractivity contribution >= 4 is 23.7 Å². The summed E-state index contributed by atoms with van der Waals surface area (Å²) >= 11 is 0. The molecule has 0 aliphatic rings. The van der Waals surface area contributed by atoms with E-state index in [1.54, 1.807) is 6.92 Å². The van der Waals surface area contributed by atoms with Crippen molar-refractivity contribution in [2.24, 2.45) is 28.1 Å². The molecule has 0 fully saturated rings. The number of rotatable bonds is 12. The smallest absolute Gasteiger partial charge is 0.326 e. The van der Waals surface area contributed by atoms with Gasteiger partial charge in [0.05, 0.1) is 12.6 Å². The number of amides is 2. The Kier molecular flexibility index (Phi) is 10.9. The van der Waals surface area contributed by atoms with Crippen molar-refractivity contribution in [2.75, 3.05) is 13.2 Å². The summed E-state index contributed by atoms with van der Waals surface area (Å²) < 4.78 is 0. The normalized spacial score (nSPS) is 15.2. The average molecular weight is 374 g/mol. The van der Waals surface area contributed by atoms with E-state index in [1.165, 1.54) is 0 Å². The quantitative estimate of drug-likeness (QED) is 0.110. The second-order valence-corrected chi connectivity index (χ2v) is 6.00. The van der Waals surface area contributed by atoms with Crippen molar-refractivity contribution in [3.05, 3.63) is 0 Å². The molecule has 0 saturated heterocycles. The van der Waals surface area contributed by atoms with Crippen molar-refractivity contribution in [2.45, 2.75) is 51.2 Å². The molecule has 0 rings (SSSR count). The number of nitrogens with one attached hydrogen (secondary N) is 2. The van der Waals surface area contributed by atoms with E-state index in [9.17, 15) is 24.6 Å². The lowest BCUT2D eigenvalue weighted by atomic mass is 9.99. The molecule has 0 radical (unpaired) electrons. The van der Waals surface area contributed by atoms with E-state index in [2.05, 4.69) is 15.6 Å². The summed E-state index contributed by atoms with van der Waals surface area (Å²) in [5.74, 6) is -2.87. The molecule has 150 valence electrons. The highest BCUT2D eigenvalue weighted by Gasteiger charge is 2.28. The Labute approximate surface area is 152 Å². The van der Waals surface area contributed by atoms with Crippen LogP contribution in [-0.4, -0.2) is 65.2 Å². The number of nitrogens with zero attached hydrogens (tertiary/aromatic N) is 1.